The molecule has 0 unspecified atom stereocenters. The van der Waals surface area contributed by atoms with Crippen molar-refractivity contribution in [1.82, 2.24) is 10.2 Å². The summed E-state index contributed by atoms with van der Waals surface area (Å²) in [5.41, 5.74) is 8.38. The molecule has 1 atom stereocenters. The van der Waals surface area contributed by atoms with Crippen molar-refractivity contribution in [3.63, 3.8) is 0 Å². The lowest BCUT2D eigenvalue weighted by Crippen LogP contribution is -2.24. The van der Waals surface area contributed by atoms with Crippen molar-refractivity contribution < 1.29 is 18.9 Å². The number of rotatable bonds is 4. The molecule has 1 aromatic carbocycles. The molecule has 0 saturated carbocycles. The first-order valence-corrected chi connectivity index (χ1v) is 8.73. The second kappa shape index (κ2) is 7.00. The minimum Gasteiger partial charge on any atom is -0.496 e. The van der Waals surface area contributed by atoms with Gasteiger partial charge in [-0.15, -0.1) is 5.10 Å². The number of ether oxygens (including phenoxy) is 4. The number of methoxy groups -OCH3 is 3. The van der Waals surface area contributed by atoms with Crippen LogP contribution in [0.4, 0.5) is 0 Å². The number of aromatic amines is 1. The molecule has 1 aliphatic rings. The van der Waals surface area contributed by atoms with Crippen molar-refractivity contribution in [2.75, 3.05) is 21.3 Å². The molecule has 3 N–H and O–H groups in total. The van der Waals surface area contributed by atoms with Gasteiger partial charge in [0.1, 0.15) is 17.4 Å². The van der Waals surface area contributed by atoms with Crippen LogP contribution in [0.2, 0.25) is 0 Å². The summed E-state index contributed by atoms with van der Waals surface area (Å²) >= 11 is 0. The van der Waals surface area contributed by atoms with Gasteiger partial charge in [-0.1, -0.05) is 20.8 Å². The highest BCUT2D eigenvalue weighted by Crippen LogP contribution is 2.49. The number of allylic oxidation sites excluding steroid dienone is 1. The average molecular weight is 384 g/mol. The van der Waals surface area contributed by atoms with Crippen molar-refractivity contribution in [2.24, 2.45) is 5.73 Å². The normalized spacial score (nSPS) is 16.1. The fraction of sp³-hybridized carbons (Fsp3) is 0.400. The molecule has 0 fully saturated rings. The van der Waals surface area contributed by atoms with Crippen LogP contribution in [0.15, 0.2) is 23.6 Å². The summed E-state index contributed by atoms with van der Waals surface area (Å²) < 4.78 is 22.1. The van der Waals surface area contributed by atoms with Crippen LogP contribution in [-0.4, -0.2) is 31.5 Å². The summed E-state index contributed by atoms with van der Waals surface area (Å²) in [6, 6.07) is 5.71. The summed E-state index contributed by atoms with van der Waals surface area (Å²) in [5.74, 6) is 1.41. The van der Waals surface area contributed by atoms with Crippen molar-refractivity contribution in [3.05, 3.63) is 40.4 Å². The molecule has 8 heteroatoms. The number of nitrogens with two attached hydrogens (primary N) is 1. The minimum atomic E-state index is -0.531. The Hall–Kier alpha value is -3.34. The summed E-state index contributed by atoms with van der Waals surface area (Å²) in [6.07, 6.45) is 0. The minimum absolute atomic E-state index is 0.0174. The smallest absolute Gasteiger partial charge is 0.244 e. The lowest BCUT2D eigenvalue weighted by Gasteiger charge is -2.28. The molecule has 1 aromatic heterocycles. The van der Waals surface area contributed by atoms with E-state index >= 15 is 0 Å². The Morgan fingerprint density at radius 3 is 2.25 bits per heavy atom. The fourth-order valence-electron chi connectivity index (χ4n) is 3.41. The molecule has 1 aliphatic heterocycles. The largest absolute Gasteiger partial charge is 0.496 e. The maximum atomic E-state index is 9.85. The number of hydrogen-bond acceptors (Lipinski definition) is 7. The number of nitrogens with one attached hydrogen (secondary N) is 1. The average Bonchev–Trinajstić information content (AvgIpc) is 3.09. The van der Waals surface area contributed by atoms with E-state index in [2.05, 4.69) is 37.0 Å². The second-order valence-electron chi connectivity index (χ2n) is 7.44. The van der Waals surface area contributed by atoms with Gasteiger partial charge in [-0.05, 0) is 6.07 Å². The first-order valence-electron chi connectivity index (χ1n) is 8.73. The van der Waals surface area contributed by atoms with Gasteiger partial charge in [-0.25, -0.2) is 0 Å². The molecule has 0 aliphatic carbocycles. The molecular formula is C20H24N4O4. The second-order valence-corrected chi connectivity index (χ2v) is 7.44. The van der Waals surface area contributed by atoms with Crippen LogP contribution in [0, 0.1) is 11.3 Å². The summed E-state index contributed by atoms with van der Waals surface area (Å²) in [6.45, 7) is 6.16. The Bertz CT molecular complexity index is 979. The van der Waals surface area contributed by atoms with Gasteiger partial charge in [0.2, 0.25) is 11.8 Å². The molecule has 0 amide bonds. The number of nitriles is 1. The molecular weight excluding hydrogens is 360 g/mol. The van der Waals surface area contributed by atoms with E-state index in [0.29, 0.717) is 28.7 Å². The molecule has 0 radical (unpaired) electrons. The molecule has 8 nitrogen and oxygen atoms in total. The number of fused-ring (bicyclic) bond motifs is 1. The molecule has 148 valence electrons. The Kier molecular flexibility index (Phi) is 4.86. The van der Waals surface area contributed by atoms with E-state index in [9.17, 15) is 5.26 Å². The number of aromatic nitrogens is 2. The zero-order chi connectivity index (χ0) is 20.6. The number of nitrogens with zero attached hydrogens (tertiary/aromatic N) is 2. The zero-order valence-electron chi connectivity index (χ0n) is 16.8. The van der Waals surface area contributed by atoms with Gasteiger partial charge < -0.3 is 24.7 Å². The van der Waals surface area contributed by atoms with Crippen LogP contribution in [0.25, 0.3) is 0 Å². The first kappa shape index (κ1) is 19.4. The maximum absolute atomic E-state index is 9.85. The summed E-state index contributed by atoms with van der Waals surface area (Å²) in [5, 5.41) is 17.2. The van der Waals surface area contributed by atoms with Crippen molar-refractivity contribution in [2.45, 2.75) is 32.1 Å². The third-order valence-corrected chi connectivity index (χ3v) is 4.74. The lowest BCUT2D eigenvalue weighted by atomic mass is 9.78. The van der Waals surface area contributed by atoms with E-state index in [1.807, 2.05) is 0 Å². The predicted molar refractivity (Wildman–Crippen MR) is 103 cm³/mol. The van der Waals surface area contributed by atoms with Crippen molar-refractivity contribution >= 4 is 0 Å². The van der Waals surface area contributed by atoms with Gasteiger partial charge in [0, 0.05) is 22.7 Å². The molecule has 0 bridgehead atoms. The van der Waals surface area contributed by atoms with E-state index in [-0.39, 0.29) is 16.9 Å². The third kappa shape index (κ3) is 2.99. The zero-order valence-corrected chi connectivity index (χ0v) is 16.8. The van der Waals surface area contributed by atoms with Crippen LogP contribution in [-0.2, 0) is 5.41 Å². The van der Waals surface area contributed by atoms with Gasteiger partial charge >= 0.3 is 0 Å². The number of H-pyrrole nitrogens is 1. The van der Waals surface area contributed by atoms with Gasteiger partial charge in [-0.3, -0.25) is 5.10 Å². The highest BCUT2D eigenvalue weighted by Gasteiger charge is 2.39. The quantitative estimate of drug-likeness (QED) is 0.832. The number of benzene rings is 1. The van der Waals surface area contributed by atoms with Gasteiger partial charge in [0.25, 0.3) is 0 Å². The highest BCUT2D eigenvalue weighted by atomic mass is 16.5. The van der Waals surface area contributed by atoms with E-state index in [0.717, 1.165) is 11.3 Å². The summed E-state index contributed by atoms with van der Waals surface area (Å²) in [4.78, 5) is 0. The molecule has 2 aromatic rings. The Morgan fingerprint density at radius 2 is 1.71 bits per heavy atom. The summed E-state index contributed by atoms with van der Waals surface area (Å²) in [7, 11) is 4.66. The van der Waals surface area contributed by atoms with Gasteiger partial charge in [0.15, 0.2) is 11.5 Å². The van der Waals surface area contributed by atoms with Gasteiger partial charge in [0.05, 0.1) is 32.8 Å². The Morgan fingerprint density at radius 1 is 1.11 bits per heavy atom. The van der Waals surface area contributed by atoms with Crippen LogP contribution >= 0.6 is 0 Å². The standard InChI is InChI=1S/C20H24N4O4/c1-20(2,3)17-16-15(11(9-21)18(22)28-19(16)24-23-17)10-7-13(26-5)14(27-6)8-12(10)25-4/h7-8,15H,22H2,1-6H3,(H,23,24)/t15-/m1/s1. The van der Waals surface area contributed by atoms with E-state index in [1.54, 1.807) is 33.5 Å². The molecule has 0 spiro atoms. The third-order valence-electron chi connectivity index (χ3n) is 4.74. The highest BCUT2D eigenvalue weighted by molar-refractivity contribution is 5.62. The van der Waals surface area contributed by atoms with Crippen molar-refractivity contribution in [1.29, 1.82) is 5.26 Å². The van der Waals surface area contributed by atoms with Crippen molar-refractivity contribution in [3.8, 4) is 29.2 Å². The topological polar surface area (TPSA) is 115 Å². The van der Waals surface area contributed by atoms with Crippen LogP contribution in [0.5, 0.6) is 23.1 Å². The molecule has 2 heterocycles. The van der Waals surface area contributed by atoms with Crippen LogP contribution in [0.3, 0.4) is 0 Å². The Labute approximate surface area is 163 Å². The number of hydrogen-bond donors (Lipinski definition) is 2. The lowest BCUT2D eigenvalue weighted by molar-refractivity contribution is 0.346. The van der Waals surface area contributed by atoms with Gasteiger partial charge in [-0.2, -0.15) is 5.26 Å². The fourth-order valence-corrected chi connectivity index (χ4v) is 3.41. The maximum Gasteiger partial charge on any atom is 0.244 e. The monoisotopic (exact) mass is 384 g/mol. The van der Waals surface area contributed by atoms with E-state index in [4.69, 9.17) is 24.7 Å². The molecule has 0 saturated heterocycles. The molecule has 28 heavy (non-hydrogen) atoms. The molecule has 3 rings (SSSR count). The SMILES string of the molecule is COc1cc(OC)c([C@@H]2C(C#N)=C(N)Oc3n[nH]c(C(C)(C)C)c32)cc1OC. The predicted octanol–water partition coefficient (Wildman–Crippen LogP) is 2.95. The van der Waals surface area contributed by atoms with E-state index in [1.165, 1.54) is 0 Å². The Balaban J connectivity index is 2.35. The van der Waals surface area contributed by atoms with Crippen LogP contribution < -0.4 is 24.7 Å². The first-order chi connectivity index (χ1) is 13.3. The van der Waals surface area contributed by atoms with E-state index < -0.39 is 5.92 Å². The van der Waals surface area contributed by atoms with Crippen LogP contribution in [0.1, 0.15) is 43.5 Å².